The molecule has 2 N–H and O–H groups in total. The van der Waals surface area contributed by atoms with E-state index in [2.05, 4.69) is 21.0 Å². The van der Waals surface area contributed by atoms with Crippen molar-refractivity contribution in [1.82, 2.24) is 15.0 Å². The first-order chi connectivity index (χ1) is 15.6. The topological polar surface area (TPSA) is 88.1 Å². The summed E-state index contributed by atoms with van der Waals surface area (Å²) in [7, 11) is 1.67. The fraction of sp³-hybridized carbons (Fsp3) is 0.115. The van der Waals surface area contributed by atoms with Crippen molar-refractivity contribution in [3.8, 4) is 28.1 Å². The molecular formula is C26H21N3O3. The van der Waals surface area contributed by atoms with Gasteiger partial charge in [0.15, 0.2) is 0 Å². The number of aromatic amines is 1. The number of hydrogen-bond acceptors (Lipinski definition) is 4. The number of carboxylic acid groups (broad SMARTS) is 1. The molecule has 6 nitrogen and oxygen atoms in total. The third kappa shape index (κ3) is 3.56. The Labute approximate surface area is 184 Å². The number of ether oxygens (including phenoxy) is 1. The highest BCUT2D eigenvalue weighted by Gasteiger charge is 2.17. The molecule has 0 fully saturated rings. The van der Waals surface area contributed by atoms with Gasteiger partial charge in [-0.05, 0) is 47.9 Å². The highest BCUT2D eigenvalue weighted by molar-refractivity contribution is 6.16. The number of fused-ring (bicyclic) bond motifs is 3. The molecular weight excluding hydrogens is 402 g/mol. The predicted octanol–water partition coefficient (Wildman–Crippen LogP) is 5.47. The highest BCUT2D eigenvalue weighted by atomic mass is 16.5. The minimum atomic E-state index is -0.794. The van der Waals surface area contributed by atoms with Gasteiger partial charge < -0.3 is 14.8 Å². The van der Waals surface area contributed by atoms with Gasteiger partial charge in [0.2, 0.25) is 0 Å². The summed E-state index contributed by atoms with van der Waals surface area (Å²) >= 11 is 0. The Hall–Kier alpha value is -4.19. The number of nitrogens with zero attached hydrogens (tertiary/aromatic N) is 2. The summed E-state index contributed by atoms with van der Waals surface area (Å²) in [5, 5.41) is 11.1. The summed E-state index contributed by atoms with van der Waals surface area (Å²) in [6.45, 7) is 0. The van der Waals surface area contributed by atoms with E-state index in [4.69, 9.17) is 9.84 Å². The number of nitrogens with one attached hydrogen (secondary N) is 1. The molecule has 0 aliphatic rings. The van der Waals surface area contributed by atoms with Crippen LogP contribution in [-0.4, -0.2) is 33.1 Å². The van der Waals surface area contributed by atoms with Crippen LogP contribution in [0.2, 0.25) is 0 Å². The molecule has 3 heterocycles. The van der Waals surface area contributed by atoms with Crippen LogP contribution in [0, 0.1) is 0 Å². The third-order valence-corrected chi connectivity index (χ3v) is 5.66. The zero-order valence-corrected chi connectivity index (χ0v) is 17.5. The second-order valence-corrected chi connectivity index (χ2v) is 7.64. The second-order valence-electron chi connectivity index (χ2n) is 7.64. The van der Waals surface area contributed by atoms with Crippen molar-refractivity contribution in [2.45, 2.75) is 12.8 Å². The first kappa shape index (κ1) is 19.8. The molecule has 0 bridgehead atoms. The lowest BCUT2D eigenvalue weighted by atomic mass is 9.96. The molecule has 0 radical (unpaired) electrons. The van der Waals surface area contributed by atoms with Gasteiger partial charge in [-0.1, -0.05) is 24.3 Å². The third-order valence-electron chi connectivity index (χ3n) is 5.66. The van der Waals surface area contributed by atoms with Crippen LogP contribution in [0.3, 0.4) is 0 Å². The van der Waals surface area contributed by atoms with Gasteiger partial charge in [-0.3, -0.25) is 14.8 Å². The molecule has 0 aliphatic heterocycles. The number of carboxylic acids is 1. The number of methoxy groups -OCH3 is 1. The predicted molar refractivity (Wildman–Crippen MR) is 125 cm³/mol. The van der Waals surface area contributed by atoms with Gasteiger partial charge in [-0.15, -0.1) is 0 Å². The maximum atomic E-state index is 10.9. The summed E-state index contributed by atoms with van der Waals surface area (Å²) in [5.74, 6) is -0.0197. The van der Waals surface area contributed by atoms with E-state index in [-0.39, 0.29) is 6.42 Å². The van der Waals surface area contributed by atoms with Crippen LogP contribution in [0.5, 0.6) is 5.75 Å². The number of benzene rings is 2. The minimum Gasteiger partial charge on any atom is -0.496 e. The van der Waals surface area contributed by atoms with Gasteiger partial charge in [0.25, 0.3) is 0 Å². The fourth-order valence-corrected chi connectivity index (χ4v) is 4.09. The molecule has 32 heavy (non-hydrogen) atoms. The molecule has 0 aliphatic carbocycles. The SMILES string of the molecule is COc1ccc2[nH]c3cnc(-c4cccnc4)cc3c2c1-c1ccc(CCC(=O)O)cc1. The van der Waals surface area contributed by atoms with Gasteiger partial charge in [0.1, 0.15) is 5.75 Å². The summed E-state index contributed by atoms with van der Waals surface area (Å²) < 4.78 is 5.73. The molecule has 0 atom stereocenters. The number of carbonyl (C=O) groups is 1. The van der Waals surface area contributed by atoms with E-state index in [0.717, 1.165) is 55.5 Å². The van der Waals surface area contributed by atoms with E-state index in [1.54, 1.807) is 19.5 Å². The van der Waals surface area contributed by atoms with Crippen molar-refractivity contribution in [1.29, 1.82) is 0 Å². The van der Waals surface area contributed by atoms with Crippen molar-refractivity contribution >= 4 is 27.8 Å². The highest BCUT2D eigenvalue weighted by Crippen LogP contribution is 2.41. The fourth-order valence-electron chi connectivity index (χ4n) is 4.09. The lowest BCUT2D eigenvalue weighted by molar-refractivity contribution is -0.136. The maximum absolute atomic E-state index is 10.9. The summed E-state index contributed by atoms with van der Waals surface area (Å²) in [6.07, 6.45) is 6.02. The molecule has 0 spiro atoms. The molecule has 6 heteroatoms. The monoisotopic (exact) mass is 423 g/mol. The Kier molecular flexibility index (Phi) is 5.03. The van der Waals surface area contributed by atoms with Crippen LogP contribution in [0.4, 0.5) is 0 Å². The molecule has 2 aromatic carbocycles. The Balaban J connectivity index is 1.69. The molecule has 158 valence electrons. The number of aliphatic carboxylic acids is 1. The Morgan fingerprint density at radius 2 is 1.88 bits per heavy atom. The molecule has 3 aromatic heterocycles. The summed E-state index contributed by atoms with van der Waals surface area (Å²) in [4.78, 5) is 23.2. The normalized spacial score (nSPS) is 11.2. The number of H-pyrrole nitrogens is 1. The number of rotatable bonds is 6. The second kappa shape index (κ2) is 8.15. The Morgan fingerprint density at radius 1 is 1.03 bits per heavy atom. The summed E-state index contributed by atoms with van der Waals surface area (Å²) in [6, 6.07) is 18.0. The number of aryl methyl sites for hydroxylation is 1. The van der Waals surface area contributed by atoms with Crippen LogP contribution in [0.25, 0.3) is 44.2 Å². The number of hydrogen-bond donors (Lipinski definition) is 2. The van der Waals surface area contributed by atoms with Crippen LogP contribution < -0.4 is 4.74 Å². The average molecular weight is 423 g/mol. The molecule has 5 aromatic rings. The van der Waals surface area contributed by atoms with E-state index in [0.29, 0.717) is 6.42 Å². The van der Waals surface area contributed by atoms with Crippen LogP contribution in [0.1, 0.15) is 12.0 Å². The molecule has 0 saturated carbocycles. The minimum absolute atomic E-state index is 0.116. The van der Waals surface area contributed by atoms with E-state index in [1.807, 2.05) is 54.7 Å². The van der Waals surface area contributed by atoms with Gasteiger partial charge in [0.05, 0.1) is 24.5 Å². The lowest BCUT2D eigenvalue weighted by Gasteiger charge is -2.12. The first-order valence-corrected chi connectivity index (χ1v) is 10.3. The van der Waals surface area contributed by atoms with Crippen molar-refractivity contribution in [2.75, 3.05) is 7.11 Å². The zero-order valence-electron chi connectivity index (χ0n) is 17.5. The molecule has 0 amide bonds. The van der Waals surface area contributed by atoms with Crippen LogP contribution >= 0.6 is 0 Å². The van der Waals surface area contributed by atoms with Crippen molar-refractivity contribution in [2.24, 2.45) is 0 Å². The van der Waals surface area contributed by atoms with Gasteiger partial charge in [-0.2, -0.15) is 0 Å². The summed E-state index contributed by atoms with van der Waals surface area (Å²) in [5.41, 5.74) is 6.73. The van der Waals surface area contributed by atoms with E-state index >= 15 is 0 Å². The Bertz CT molecular complexity index is 1420. The quantitative estimate of drug-likeness (QED) is 0.378. The maximum Gasteiger partial charge on any atom is 0.303 e. The van der Waals surface area contributed by atoms with E-state index in [1.165, 1.54) is 0 Å². The smallest absolute Gasteiger partial charge is 0.303 e. The number of pyridine rings is 2. The van der Waals surface area contributed by atoms with Crippen molar-refractivity contribution in [3.63, 3.8) is 0 Å². The van der Waals surface area contributed by atoms with Crippen LogP contribution in [-0.2, 0) is 11.2 Å². The molecule has 5 rings (SSSR count). The Morgan fingerprint density at radius 3 is 2.59 bits per heavy atom. The molecule has 0 unspecified atom stereocenters. The zero-order chi connectivity index (χ0) is 22.1. The lowest BCUT2D eigenvalue weighted by Crippen LogP contribution is -1.97. The largest absolute Gasteiger partial charge is 0.496 e. The van der Waals surface area contributed by atoms with Gasteiger partial charge in [0, 0.05) is 46.2 Å². The van der Waals surface area contributed by atoms with Gasteiger partial charge in [-0.25, -0.2) is 0 Å². The van der Waals surface area contributed by atoms with E-state index < -0.39 is 5.97 Å². The van der Waals surface area contributed by atoms with E-state index in [9.17, 15) is 4.79 Å². The average Bonchev–Trinajstić information content (AvgIpc) is 3.21. The van der Waals surface area contributed by atoms with Crippen molar-refractivity contribution < 1.29 is 14.6 Å². The number of aromatic nitrogens is 3. The van der Waals surface area contributed by atoms with Gasteiger partial charge >= 0.3 is 5.97 Å². The first-order valence-electron chi connectivity index (χ1n) is 10.3. The molecule has 0 saturated heterocycles. The van der Waals surface area contributed by atoms with Crippen molar-refractivity contribution in [3.05, 3.63) is 78.8 Å². The van der Waals surface area contributed by atoms with Crippen LogP contribution in [0.15, 0.2) is 73.2 Å². The standard InChI is InChI=1S/C26H21N3O3/c1-32-23-10-9-20-26(25(23)17-7-4-16(5-8-17)6-11-24(30)31)19-13-21(28-15-22(19)29-20)18-3-2-12-27-14-18/h2-5,7-10,12-15,29H,6,11H2,1H3,(H,30,31).